The number of rotatable bonds is 3. The van der Waals surface area contributed by atoms with Crippen molar-refractivity contribution in [2.45, 2.75) is 25.7 Å². The third-order valence-corrected chi connectivity index (χ3v) is 4.34. The Morgan fingerprint density at radius 1 is 1.41 bits per heavy atom. The zero-order valence-corrected chi connectivity index (χ0v) is 9.89. The molecule has 0 spiro atoms. The quantitative estimate of drug-likeness (QED) is 0.863. The van der Waals surface area contributed by atoms with Crippen molar-refractivity contribution in [3.8, 4) is 6.07 Å². The molecule has 0 aromatic carbocycles. The third kappa shape index (κ3) is 2.00. The van der Waals surface area contributed by atoms with Gasteiger partial charge in [0.1, 0.15) is 11.9 Å². The highest BCUT2D eigenvalue weighted by molar-refractivity contribution is 5.51. The summed E-state index contributed by atoms with van der Waals surface area (Å²) in [5, 5.41) is 12.3. The summed E-state index contributed by atoms with van der Waals surface area (Å²) in [4.78, 5) is 4.24. The van der Waals surface area contributed by atoms with Crippen LogP contribution in [0.15, 0.2) is 18.3 Å². The van der Waals surface area contributed by atoms with Crippen molar-refractivity contribution < 1.29 is 0 Å². The molecule has 0 amide bonds. The number of fused-ring (bicyclic) bond motifs is 2. The molecular weight excluding hydrogens is 210 g/mol. The largest absolute Gasteiger partial charge is 0.369 e. The molecule has 3 heteroatoms. The fraction of sp³-hybridized carbons (Fsp3) is 0.571. The van der Waals surface area contributed by atoms with Crippen LogP contribution in [0.5, 0.6) is 0 Å². The van der Waals surface area contributed by atoms with E-state index in [1.807, 2.05) is 6.07 Å². The monoisotopic (exact) mass is 227 g/mol. The minimum atomic E-state index is 0.649. The van der Waals surface area contributed by atoms with Crippen LogP contribution in [0.1, 0.15) is 31.2 Å². The zero-order chi connectivity index (χ0) is 11.7. The van der Waals surface area contributed by atoms with Gasteiger partial charge in [0.15, 0.2) is 0 Å². The normalized spacial score (nSPS) is 30.2. The van der Waals surface area contributed by atoms with Crippen molar-refractivity contribution in [3.05, 3.63) is 23.9 Å². The molecule has 2 bridgehead atoms. The minimum absolute atomic E-state index is 0.649. The van der Waals surface area contributed by atoms with Crippen molar-refractivity contribution in [1.29, 1.82) is 5.26 Å². The summed E-state index contributed by atoms with van der Waals surface area (Å²) in [6, 6.07) is 5.80. The summed E-state index contributed by atoms with van der Waals surface area (Å²) in [5.74, 6) is 3.44. The van der Waals surface area contributed by atoms with Gasteiger partial charge in [-0.3, -0.25) is 0 Å². The molecule has 0 aliphatic heterocycles. The van der Waals surface area contributed by atoms with Crippen molar-refractivity contribution >= 4 is 5.82 Å². The fourth-order valence-electron chi connectivity index (χ4n) is 3.49. The van der Waals surface area contributed by atoms with Crippen LogP contribution < -0.4 is 5.32 Å². The van der Waals surface area contributed by atoms with E-state index in [0.717, 1.165) is 30.1 Å². The number of anilines is 1. The first-order valence-electron chi connectivity index (χ1n) is 6.46. The van der Waals surface area contributed by atoms with Crippen molar-refractivity contribution in [2.24, 2.45) is 17.8 Å². The van der Waals surface area contributed by atoms with Gasteiger partial charge in [0.05, 0.1) is 5.56 Å². The van der Waals surface area contributed by atoms with Crippen LogP contribution in [0.4, 0.5) is 5.82 Å². The summed E-state index contributed by atoms with van der Waals surface area (Å²) >= 11 is 0. The second kappa shape index (κ2) is 4.37. The third-order valence-electron chi connectivity index (χ3n) is 4.34. The molecule has 2 aliphatic carbocycles. The van der Waals surface area contributed by atoms with Crippen molar-refractivity contribution in [2.75, 3.05) is 11.9 Å². The van der Waals surface area contributed by atoms with Gasteiger partial charge >= 0.3 is 0 Å². The first kappa shape index (κ1) is 10.6. The van der Waals surface area contributed by atoms with Gasteiger partial charge in [-0.1, -0.05) is 6.42 Å². The SMILES string of the molecule is N#Cc1cccnc1NCC1CC2CCC1C2. The molecule has 0 radical (unpaired) electrons. The Labute approximate surface area is 102 Å². The maximum atomic E-state index is 8.99. The highest BCUT2D eigenvalue weighted by Crippen LogP contribution is 2.48. The molecule has 2 saturated carbocycles. The molecule has 3 rings (SSSR count). The molecule has 1 N–H and O–H groups in total. The molecule has 3 unspecified atom stereocenters. The van der Waals surface area contributed by atoms with Gasteiger partial charge < -0.3 is 5.32 Å². The summed E-state index contributed by atoms with van der Waals surface area (Å²) in [6.07, 6.45) is 7.38. The zero-order valence-electron chi connectivity index (χ0n) is 9.89. The van der Waals surface area contributed by atoms with E-state index < -0.39 is 0 Å². The van der Waals surface area contributed by atoms with Gasteiger partial charge in [-0.15, -0.1) is 0 Å². The molecule has 17 heavy (non-hydrogen) atoms. The Kier molecular flexibility index (Phi) is 2.72. The molecule has 88 valence electrons. The van der Waals surface area contributed by atoms with E-state index in [2.05, 4.69) is 16.4 Å². The van der Waals surface area contributed by atoms with Crippen LogP contribution in [-0.4, -0.2) is 11.5 Å². The van der Waals surface area contributed by atoms with Gasteiger partial charge in [-0.25, -0.2) is 4.98 Å². The predicted octanol–water partition coefficient (Wildman–Crippen LogP) is 2.80. The maximum absolute atomic E-state index is 8.99. The summed E-state index contributed by atoms with van der Waals surface area (Å²) in [7, 11) is 0. The molecule has 0 saturated heterocycles. The Morgan fingerprint density at radius 2 is 2.35 bits per heavy atom. The number of hydrogen-bond donors (Lipinski definition) is 1. The molecule has 2 aliphatic rings. The highest BCUT2D eigenvalue weighted by Gasteiger charge is 2.39. The van der Waals surface area contributed by atoms with Crippen LogP contribution in [0, 0.1) is 29.1 Å². The second-order valence-corrected chi connectivity index (χ2v) is 5.33. The number of pyridine rings is 1. The van der Waals surface area contributed by atoms with Crippen molar-refractivity contribution in [1.82, 2.24) is 4.98 Å². The number of hydrogen-bond acceptors (Lipinski definition) is 3. The molecule has 1 heterocycles. The average Bonchev–Trinajstić information content (AvgIpc) is 2.98. The predicted molar refractivity (Wildman–Crippen MR) is 66.4 cm³/mol. The van der Waals surface area contributed by atoms with Crippen LogP contribution in [0.25, 0.3) is 0 Å². The number of nitrogens with one attached hydrogen (secondary N) is 1. The lowest BCUT2D eigenvalue weighted by Gasteiger charge is -2.22. The van der Waals surface area contributed by atoms with Crippen LogP contribution >= 0.6 is 0 Å². The van der Waals surface area contributed by atoms with Gasteiger partial charge in [-0.05, 0) is 49.1 Å². The van der Waals surface area contributed by atoms with E-state index in [1.165, 1.54) is 25.7 Å². The lowest BCUT2D eigenvalue weighted by Crippen LogP contribution is -2.20. The molecule has 2 fully saturated rings. The van der Waals surface area contributed by atoms with Gasteiger partial charge in [0.2, 0.25) is 0 Å². The van der Waals surface area contributed by atoms with Crippen LogP contribution in [-0.2, 0) is 0 Å². The lowest BCUT2D eigenvalue weighted by atomic mass is 9.89. The molecule has 3 nitrogen and oxygen atoms in total. The average molecular weight is 227 g/mol. The van der Waals surface area contributed by atoms with Gasteiger partial charge in [0.25, 0.3) is 0 Å². The van der Waals surface area contributed by atoms with Crippen LogP contribution in [0.3, 0.4) is 0 Å². The Morgan fingerprint density at radius 3 is 3.06 bits per heavy atom. The molecule has 3 atom stereocenters. The summed E-state index contributed by atoms with van der Waals surface area (Å²) in [6.45, 7) is 0.979. The Hall–Kier alpha value is -1.56. The Balaban J connectivity index is 1.63. The van der Waals surface area contributed by atoms with E-state index >= 15 is 0 Å². The molecule has 1 aromatic heterocycles. The minimum Gasteiger partial charge on any atom is -0.369 e. The number of nitrogens with zero attached hydrogens (tertiary/aromatic N) is 2. The second-order valence-electron chi connectivity index (χ2n) is 5.33. The maximum Gasteiger partial charge on any atom is 0.143 e. The Bertz CT molecular complexity index is 449. The van der Waals surface area contributed by atoms with E-state index in [-0.39, 0.29) is 0 Å². The first-order chi connectivity index (χ1) is 8.36. The number of aromatic nitrogens is 1. The van der Waals surface area contributed by atoms with E-state index in [1.54, 1.807) is 12.3 Å². The van der Waals surface area contributed by atoms with E-state index in [9.17, 15) is 0 Å². The fourth-order valence-corrected chi connectivity index (χ4v) is 3.49. The standard InChI is InChI=1S/C14H17N3/c15-8-12-2-1-5-16-14(12)17-9-13-7-10-3-4-11(13)6-10/h1-2,5,10-11,13H,3-4,6-7,9H2,(H,16,17). The number of nitriles is 1. The topological polar surface area (TPSA) is 48.7 Å². The van der Waals surface area contributed by atoms with E-state index in [4.69, 9.17) is 5.26 Å². The lowest BCUT2D eigenvalue weighted by molar-refractivity contribution is 0.348. The van der Waals surface area contributed by atoms with Crippen LogP contribution in [0.2, 0.25) is 0 Å². The van der Waals surface area contributed by atoms with Crippen molar-refractivity contribution in [3.63, 3.8) is 0 Å². The first-order valence-corrected chi connectivity index (χ1v) is 6.46. The smallest absolute Gasteiger partial charge is 0.143 e. The summed E-state index contributed by atoms with van der Waals surface area (Å²) < 4.78 is 0. The molecule has 1 aromatic rings. The van der Waals surface area contributed by atoms with Gasteiger partial charge in [0, 0.05) is 12.7 Å². The highest BCUT2D eigenvalue weighted by atomic mass is 15.0. The van der Waals surface area contributed by atoms with E-state index in [0.29, 0.717) is 5.56 Å². The summed E-state index contributed by atoms with van der Waals surface area (Å²) in [5.41, 5.74) is 0.649. The van der Waals surface area contributed by atoms with Gasteiger partial charge in [-0.2, -0.15) is 5.26 Å². The molecular formula is C14H17N3.